The topological polar surface area (TPSA) is 186 Å². The maximum atomic E-state index is 14.0. The summed E-state index contributed by atoms with van der Waals surface area (Å²) in [6, 6.07) is 5.37. The standard InChI is InChI=1S/C30H37F2N5O6/c1-4-8-37(9-5-2)30(43)21-14-19(28(34)41)13-20(15-21)29(42)36-25(12-18-10-22(31)16-23(32)11-18)27(40)26(39)24(6-7-33)35-17(3)38/h10-11,13-16,24-27,39-40H,4-6,8-9,12H2,1-3H3,(H2,34,41)(H,35,38)(H,36,42)/t24-,25+,26-,27-/m1/s1. The molecule has 4 amide bonds. The lowest BCUT2D eigenvalue weighted by molar-refractivity contribution is -0.121. The van der Waals surface area contributed by atoms with E-state index in [0.29, 0.717) is 32.0 Å². The van der Waals surface area contributed by atoms with Crippen LogP contribution >= 0.6 is 0 Å². The van der Waals surface area contributed by atoms with Crippen molar-refractivity contribution in [3.05, 3.63) is 70.3 Å². The summed E-state index contributed by atoms with van der Waals surface area (Å²) < 4.78 is 27.9. The van der Waals surface area contributed by atoms with Crippen molar-refractivity contribution in [1.82, 2.24) is 15.5 Å². The molecule has 0 saturated carbocycles. The van der Waals surface area contributed by atoms with Gasteiger partial charge in [0.05, 0.1) is 24.6 Å². The maximum Gasteiger partial charge on any atom is 0.253 e. The zero-order valence-electron chi connectivity index (χ0n) is 24.3. The molecule has 232 valence electrons. The monoisotopic (exact) mass is 601 g/mol. The molecule has 0 aliphatic rings. The Hall–Kier alpha value is -4.41. The highest BCUT2D eigenvalue weighted by atomic mass is 19.1. The second kappa shape index (κ2) is 16.3. The zero-order chi connectivity index (χ0) is 32.3. The van der Waals surface area contributed by atoms with E-state index in [1.807, 2.05) is 13.8 Å². The number of primary amides is 1. The highest BCUT2D eigenvalue weighted by Gasteiger charge is 2.34. The van der Waals surface area contributed by atoms with Crippen LogP contribution in [0.1, 0.15) is 76.7 Å². The highest BCUT2D eigenvalue weighted by molar-refractivity contribution is 6.04. The number of carbonyl (C=O) groups is 4. The van der Waals surface area contributed by atoms with Gasteiger partial charge in [-0.2, -0.15) is 5.26 Å². The van der Waals surface area contributed by atoms with Crippen molar-refractivity contribution in [3.63, 3.8) is 0 Å². The Labute approximate surface area is 248 Å². The van der Waals surface area contributed by atoms with Gasteiger partial charge in [-0.15, -0.1) is 0 Å². The van der Waals surface area contributed by atoms with Gasteiger partial charge in [0.25, 0.3) is 11.8 Å². The number of rotatable bonds is 15. The minimum absolute atomic E-state index is 0.0157. The van der Waals surface area contributed by atoms with Gasteiger partial charge in [0.15, 0.2) is 0 Å². The summed E-state index contributed by atoms with van der Waals surface area (Å²) in [7, 11) is 0. The Morgan fingerprint density at radius 2 is 1.42 bits per heavy atom. The average molecular weight is 602 g/mol. The Morgan fingerprint density at radius 3 is 1.93 bits per heavy atom. The fourth-order valence-electron chi connectivity index (χ4n) is 4.65. The van der Waals surface area contributed by atoms with Crippen LogP contribution in [0.15, 0.2) is 36.4 Å². The molecule has 0 aliphatic heterocycles. The lowest BCUT2D eigenvalue weighted by Crippen LogP contribution is -2.56. The molecule has 6 N–H and O–H groups in total. The van der Waals surface area contributed by atoms with Crippen LogP contribution in [0.2, 0.25) is 0 Å². The molecule has 2 aromatic carbocycles. The number of carbonyl (C=O) groups excluding carboxylic acids is 4. The predicted molar refractivity (Wildman–Crippen MR) is 153 cm³/mol. The fraction of sp³-hybridized carbons (Fsp3) is 0.433. The molecule has 11 nitrogen and oxygen atoms in total. The first kappa shape index (κ1) is 34.8. The maximum absolute atomic E-state index is 14.0. The number of halogens is 2. The van der Waals surface area contributed by atoms with Gasteiger partial charge in [0, 0.05) is 42.8 Å². The minimum atomic E-state index is -1.86. The Bertz CT molecular complexity index is 1340. The van der Waals surface area contributed by atoms with Crippen LogP contribution < -0.4 is 16.4 Å². The number of hydrogen-bond donors (Lipinski definition) is 5. The normalized spacial score (nSPS) is 13.6. The molecule has 0 aliphatic carbocycles. The highest BCUT2D eigenvalue weighted by Crippen LogP contribution is 2.18. The van der Waals surface area contributed by atoms with Gasteiger partial charge >= 0.3 is 0 Å². The number of nitriles is 1. The average Bonchev–Trinajstić information content (AvgIpc) is 2.94. The van der Waals surface area contributed by atoms with Crippen molar-refractivity contribution in [1.29, 1.82) is 5.26 Å². The molecule has 43 heavy (non-hydrogen) atoms. The first-order valence-corrected chi connectivity index (χ1v) is 13.8. The minimum Gasteiger partial charge on any atom is -0.388 e. The van der Waals surface area contributed by atoms with E-state index in [1.165, 1.54) is 12.1 Å². The Kier molecular flexibility index (Phi) is 13.2. The molecular weight excluding hydrogens is 564 g/mol. The SMILES string of the molecule is CCCN(CCC)C(=O)c1cc(C(N)=O)cc(C(=O)N[C@@H](Cc2cc(F)cc(F)c2)[C@@H](O)[C@H](O)[C@@H](CC#N)NC(C)=O)c1. The van der Waals surface area contributed by atoms with E-state index in [2.05, 4.69) is 10.6 Å². The van der Waals surface area contributed by atoms with Gasteiger partial charge in [-0.1, -0.05) is 13.8 Å². The van der Waals surface area contributed by atoms with E-state index in [0.717, 1.165) is 25.1 Å². The third kappa shape index (κ3) is 10.1. The molecule has 0 spiro atoms. The Morgan fingerprint density at radius 1 is 0.884 bits per heavy atom. The van der Waals surface area contributed by atoms with Gasteiger partial charge in [0.1, 0.15) is 23.8 Å². The van der Waals surface area contributed by atoms with Gasteiger partial charge in [-0.3, -0.25) is 19.2 Å². The van der Waals surface area contributed by atoms with E-state index >= 15 is 0 Å². The van der Waals surface area contributed by atoms with E-state index in [4.69, 9.17) is 11.0 Å². The smallest absolute Gasteiger partial charge is 0.253 e. The molecule has 0 radical (unpaired) electrons. The van der Waals surface area contributed by atoms with Crippen LogP contribution in [0, 0.1) is 23.0 Å². The van der Waals surface area contributed by atoms with Crippen molar-refractivity contribution in [2.45, 2.75) is 70.7 Å². The number of aliphatic hydroxyl groups excluding tert-OH is 2. The predicted octanol–water partition coefficient (Wildman–Crippen LogP) is 1.81. The number of benzene rings is 2. The zero-order valence-corrected chi connectivity index (χ0v) is 24.3. The van der Waals surface area contributed by atoms with Crippen LogP contribution in [-0.4, -0.2) is 76.1 Å². The molecule has 2 rings (SSSR count). The third-order valence-electron chi connectivity index (χ3n) is 6.57. The van der Waals surface area contributed by atoms with Crippen LogP contribution in [-0.2, 0) is 11.2 Å². The number of amides is 4. The van der Waals surface area contributed by atoms with Crippen molar-refractivity contribution in [3.8, 4) is 6.07 Å². The first-order chi connectivity index (χ1) is 20.3. The summed E-state index contributed by atoms with van der Waals surface area (Å²) in [6.07, 6.45) is -3.10. The molecular formula is C30H37F2N5O6. The van der Waals surface area contributed by atoms with Crippen LogP contribution in [0.5, 0.6) is 0 Å². The van der Waals surface area contributed by atoms with Crippen molar-refractivity contribution in [2.24, 2.45) is 5.73 Å². The van der Waals surface area contributed by atoms with Crippen LogP contribution in [0.25, 0.3) is 0 Å². The summed E-state index contributed by atoms with van der Waals surface area (Å²) in [4.78, 5) is 52.0. The van der Waals surface area contributed by atoms with Gasteiger partial charge < -0.3 is 31.5 Å². The lowest BCUT2D eigenvalue weighted by atomic mass is 9.92. The molecule has 2 aromatic rings. The van der Waals surface area contributed by atoms with Gasteiger partial charge in [0.2, 0.25) is 11.8 Å². The molecule has 0 aromatic heterocycles. The van der Waals surface area contributed by atoms with Crippen LogP contribution in [0.3, 0.4) is 0 Å². The fourth-order valence-corrected chi connectivity index (χ4v) is 4.65. The quantitative estimate of drug-likeness (QED) is 0.206. The molecule has 0 saturated heterocycles. The van der Waals surface area contributed by atoms with Crippen molar-refractivity contribution >= 4 is 23.6 Å². The second-order valence-electron chi connectivity index (χ2n) is 10.2. The number of nitrogens with zero attached hydrogens (tertiary/aromatic N) is 2. The summed E-state index contributed by atoms with van der Waals surface area (Å²) in [5, 5.41) is 36.0. The number of hydrogen-bond acceptors (Lipinski definition) is 7. The molecule has 4 atom stereocenters. The van der Waals surface area contributed by atoms with Gasteiger partial charge in [-0.05, 0) is 55.2 Å². The Balaban J connectivity index is 2.53. The van der Waals surface area contributed by atoms with Crippen LogP contribution in [0.4, 0.5) is 8.78 Å². The van der Waals surface area contributed by atoms with E-state index < -0.39 is 66.0 Å². The summed E-state index contributed by atoms with van der Waals surface area (Å²) in [5.41, 5.74) is 5.19. The third-order valence-corrected chi connectivity index (χ3v) is 6.57. The first-order valence-electron chi connectivity index (χ1n) is 13.8. The van der Waals surface area contributed by atoms with E-state index in [-0.39, 0.29) is 28.7 Å². The summed E-state index contributed by atoms with van der Waals surface area (Å²) in [5.74, 6) is -4.68. The van der Waals surface area contributed by atoms with E-state index in [1.54, 1.807) is 11.0 Å². The molecule has 0 bridgehead atoms. The largest absolute Gasteiger partial charge is 0.388 e. The van der Waals surface area contributed by atoms with E-state index in [9.17, 15) is 38.2 Å². The van der Waals surface area contributed by atoms with Gasteiger partial charge in [-0.25, -0.2) is 8.78 Å². The number of aliphatic hydroxyl groups is 2. The van der Waals surface area contributed by atoms with Crippen molar-refractivity contribution in [2.75, 3.05) is 13.1 Å². The van der Waals surface area contributed by atoms with Crippen molar-refractivity contribution < 1.29 is 38.2 Å². The number of nitrogens with two attached hydrogens (primary N) is 1. The molecule has 0 fully saturated rings. The number of nitrogens with one attached hydrogen (secondary N) is 2. The molecule has 0 heterocycles. The summed E-state index contributed by atoms with van der Waals surface area (Å²) >= 11 is 0. The molecule has 13 heteroatoms. The second-order valence-corrected chi connectivity index (χ2v) is 10.2. The summed E-state index contributed by atoms with van der Waals surface area (Å²) in [6.45, 7) is 5.80. The lowest BCUT2D eigenvalue weighted by Gasteiger charge is -2.32. The molecule has 0 unspecified atom stereocenters.